The molecule has 4 heterocycles. The molecule has 4 rings (SSSR count). The van der Waals surface area contributed by atoms with E-state index in [0.717, 1.165) is 82.0 Å². The molecule has 0 unspecified atom stereocenters. The van der Waals surface area contributed by atoms with Gasteiger partial charge in [-0.3, -0.25) is 4.90 Å². The molecule has 8 heteroatoms. The molecule has 2 aromatic heterocycles. The van der Waals surface area contributed by atoms with Gasteiger partial charge in [-0.15, -0.1) is 0 Å². The van der Waals surface area contributed by atoms with Crippen LogP contribution in [-0.2, 0) is 19.1 Å². The first-order valence-electron chi connectivity index (χ1n) is 9.87. The Morgan fingerprint density at radius 2 is 1.93 bits per heavy atom. The highest BCUT2D eigenvalue weighted by Crippen LogP contribution is 2.40. The van der Waals surface area contributed by atoms with E-state index in [9.17, 15) is 13.2 Å². The van der Waals surface area contributed by atoms with Crippen LogP contribution in [0.2, 0.25) is 0 Å². The van der Waals surface area contributed by atoms with Gasteiger partial charge in [0.1, 0.15) is 5.82 Å². The van der Waals surface area contributed by atoms with Crippen molar-refractivity contribution in [2.75, 3.05) is 24.5 Å². The van der Waals surface area contributed by atoms with E-state index in [1.54, 1.807) is 0 Å². The number of pyridine rings is 1. The first kappa shape index (κ1) is 19.2. The van der Waals surface area contributed by atoms with E-state index < -0.39 is 11.7 Å². The lowest BCUT2D eigenvalue weighted by molar-refractivity contribution is -0.137. The number of piperidine rings is 1. The summed E-state index contributed by atoms with van der Waals surface area (Å²) in [7, 11) is 0. The maximum absolute atomic E-state index is 12.7. The van der Waals surface area contributed by atoms with Crippen LogP contribution in [0.5, 0.6) is 0 Å². The smallest absolute Gasteiger partial charge is 0.360 e. The van der Waals surface area contributed by atoms with Crippen LogP contribution in [0.4, 0.5) is 19.0 Å². The van der Waals surface area contributed by atoms with Gasteiger partial charge in [0.15, 0.2) is 5.76 Å². The number of nitrogens with zero attached hydrogens (tertiary/aromatic N) is 4. The summed E-state index contributed by atoms with van der Waals surface area (Å²) in [5, 5.41) is 4.09. The lowest BCUT2D eigenvalue weighted by Gasteiger charge is -2.45. The van der Waals surface area contributed by atoms with Crippen LogP contribution in [0.25, 0.3) is 0 Å². The molecule has 0 radical (unpaired) electrons. The highest BCUT2D eigenvalue weighted by atomic mass is 19.4. The summed E-state index contributed by atoms with van der Waals surface area (Å²) in [6.45, 7) is 5.47. The summed E-state index contributed by atoms with van der Waals surface area (Å²) in [5.41, 5.74) is 0.415. The summed E-state index contributed by atoms with van der Waals surface area (Å²) in [5.74, 6) is 1.53. The second-order valence-corrected chi connectivity index (χ2v) is 7.78. The van der Waals surface area contributed by atoms with Crippen molar-refractivity contribution in [2.45, 2.75) is 57.3 Å². The normalized spacial score (nSPS) is 20.2. The molecule has 2 fully saturated rings. The largest absolute Gasteiger partial charge is 0.417 e. The maximum atomic E-state index is 12.7. The zero-order valence-corrected chi connectivity index (χ0v) is 16.0. The minimum absolute atomic E-state index is 0.140. The van der Waals surface area contributed by atoms with Crippen molar-refractivity contribution in [3.63, 3.8) is 0 Å². The number of hydrogen-bond donors (Lipinski definition) is 0. The number of rotatable bonds is 4. The zero-order valence-electron chi connectivity index (χ0n) is 16.0. The molecule has 2 aliphatic rings. The summed E-state index contributed by atoms with van der Waals surface area (Å²) in [6.07, 6.45) is 1.71. The lowest BCUT2D eigenvalue weighted by Crippen LogP contribution is -2.52. The average molecular weight is 394 g/mol. The Kier molecular flexibility index (Phi) is 5.07. The van der Waals surface area contributed by atoms with Crippen molar-refractivity contribution in [3.05, 3.63) is 41.4 Å². The molecule has 0 bridgehead atoms. The van der Waals surface area contributed by atoms with Crippen LogP contribution < -0.4 is 4.90 Å². The van der Waals surface area contributed by atoms with E-state index in [0.29, 0.717) is 5.82 Å². The van der Waals surface area contributed by atoms with Gasteiger partial charge >= 0.3 is 6.18 Å². The van der Waals surface area contributed by atoms with Crippen molar-refractivity contribution in [1.29, 1.82) is 0 Å². The number of halogens is 3. The van der Waals surface area contributed by atoms with Crippen LogP contribution in [0.15, 0.2) is 28.9 Å². The molecule has 5 nitrogen and oxygen atoms in total. The average Bonchev–Trinajstić information content (AvgIpc) is 3.30. The first-order valence-corrected chi connectivity index (χ1v) is 9.87. The molecule has 152 valence electrons. The van der Waals surface area contributed by atoms with E-state index >= 15 is 0 Å². The monoisotopic (exact) mass is 394 g/mol. The van der Waals surface area contributed by atoms with Crippen molar-refractivity contribution < 1.29 is 17.7 Å². The molecule has 2 saturated heterocycles. The molecule has 1 spiro atoms. The molecule has 0 N–H and O–H groups in total. The molecule has 2 aromatic rings. The van der Waals surface area contributed by atoms with Gasteiger partial charge in [-0.05, 0) is 50.8 Å². The number of alkyl halides is 3. The van der Waals surface area contributed by atoms with Gasteiger partial charge < -0.3 is 9.42 Å². The van der Waals surface area contributed by atoms with Crippen LogP contribution in [-0.4, -0.2) is 40.2 Å². The highest BCUT2D eigenvalue weighted by Gasteiger charge is 2.43. The predicted molar refractivity (Wildman–Crippen MR) is 98.9 cm³/mol. The predicted octanol–water partition coefficient (Wildman–Crippen LogP) is 4.29. The van der Waals surface area contributed by atoms with Crippen LogP contribution in [0, 0.1) is 0 Å². The second kappa shape index (κ2) is 7.39. The minimum Gasteiger partial charge on any atom is -0.360 e. The fourth-order valence-electron chi connectivity index (χ4n) is 4.49. The third-order valence-electron chi connectivity index (χ3n) is 6.15. The van der Waals surface area contributed by atoms with Gasteiger partial charge in [0, 0.05) is 30.9 Å². The third-order valence-corrected chi connectivity index (χ3v) is 6.15. The molecule has 0 amide bonds. The third kappa shape index (κ3) is 3.74. The Bertz CT molecular complexity index is 795. The van der Waals surface area contributed by atoms with Gasteiger partial charge in [0.2, 0.25) is 0 Å². The van der Waals surface area contributed by atoms with Crippen molar-refractivity contribution in [1.82, 2.24) is 15.0 Å². The van der Waals surface area contributed by atoms with Crippen LogP contribution >= 0.6 is 0 Å². The number of aromatic nitrogens is 2. The molecule has 0 saturated carbocycles. The summed E-state index contributed by atoms with van der Waals surface area (Å²) >= 11 is 0. The topological polar surface area (TPSA) is 45.4 Å². The van der Waals surface area contributed by atoms with Crippen LogP contribution in [0.1, 0.15) is 49.6 Å². The molecule has 2 aliphatic heterocycles. The Labute approximate surface area is 162 Å². The molecule has 0 atom stereocenters. The molecular formula is C20H25F3N4O. The number of likely N-dealkylation sites (tertiary alicyclic amines) is 1. The molecule has 0 aromatic carbocycles. The van der Waals surface area contributed by atoms with E-state index in [1.807, 2.05) is 6.07 Å². The van der Waals surface area contributed by atoms with Crippen molar-refractivity contribution in [2.24, 2.45) is 0 Å². The van der Waals surface area contributed by atoms with Gasteiger partial charge in [0.25, 0.3) is 0 Å². The summed E-state index contributed by atoms with van der Waals surface area (Å²) < 4.78 is 43.7. The number of hydrogen-bond acceptors (Lipinski definition) is 5. The van der Waals surface area contributed by atoms with Gasteiger partial charge in [-0.25, -0.2) is 4.98 Å². The molecular weight excluding hydrogens is 369 g/mol. The van der Waals surface area contributed by atoms with Gasteiger partial charge in [-0.2, -0.15) is 13.2 Å². The van der Waals surface area contributed by atoms with E-state index in [-0.39, 0.29) is 5.54 Å². The molecule has 28 heavy (non-hydrogen) atoms. The Hall–Kier alpha value is -2.09. The Morgan fingerprint density at radius 1 is 1.14 bits per heavy atom. The van der Waals surface area contributed by atoms with Crippen molar-refractivity contribution >= 4 is 5.82 Å². The van der Waals surface area contributed by atoms with E-state index in [4.69, 9.17) is 4.52 Å². The van der Waals surface area contributed by atoms with E-state index in [2.05, 4.69) is 26.9 Å². The highest BCUT2D eigenvalue weighted by molar-refractivity contribution is 5.40. The second-order valence-electron chi connectivity index (χ2n) is 7.78. The lowest BCUT2D eigenvalue weighted by atomic mass is 9.85. The van der Waals surface area contributed by atoms with Gasteiger partial charge in [-0.1, -0.05) is 12.1 Å². The fourth-order valence-corrected chi connectivity index (χ4v) is 4.49. The summed E-state index contributed by atoms with van der Waals surface area (Å²) in [6, 6.07) is 4.63. The van der Waals surface area contributed by atoms with Crippen molar-refractivity contribution in [3.8, 4) is 0 Å². The number of aryl methyl sites for hydroxylation is 1. The molecule has 0 aliphatic carbocycles. The standard InChI is InChI=1S/C20H25F3N4O/c1-2-16-12-17(28-25-16)14-27-9-3-6-19(27)7-10-26(11-8-19)18-5-4-15(13-24-18)20(21,22)23/h4-5,12-13H,2-3,6-11,14H2,1H3. The fraction of sp³-hybridized carbons (Fsp3) is 0.600. The summed E-state index contributed by atoms with van der Waals surface area (Å²) in [4.78, 5) is 8.65. The SMILES string of the molecule is CCc1cc(CN2CCCC23CCN(c2ccc(C(F)(F)F)cn2)CC3)on1. The number of anilines is 1. The zero-order chi connectivity index (χ0) is 19.8. The van der Waals surface area contributed by atoms with E-state index in [1.165, 1.54) is 6.07 Å². The first-order chi connectivity index (χ1) is 13.4. The minimum atomic E-state index is -4.35. The Balaban J connectivity index is 1.40. The van der Waals surface area contributed by atoms with Crippen LogP contribution in [0.3, 0.4) is 0 Å². The van der Waals surface area contributed by atoms with Gasteiger partial charge in [0.05, 0.1) is 17.8 Å². The maximum Gasteiger partial charge on any atom is 0.417 e. The quantitative estimate of drug-likeness (QED) is 0.774. The Morgan fingerprint density at radius 3 is 2.54 bits per heavy atom.